The van der Waals surface area contributed by atoms with Crippen molar-refractivity contribution in [1.29, 1.82) is 0 Å². The highest BCUT2D eigenvalue weighted by Crippen LogP contribution is 2.25. The maximum absolute atomic E-state index is 4.24. The fourth-order valence-electron chi connectivity index (χ4n) is 2.20. The lowest BCUT2D eigenvalue weighted by molar-refractivity contribution is 0.767. The molecule has 0 N–H and O–H groups in total. The maximum atomic E-state index is 4.24. The Balaban J connectivity index is 1.80. The number of rotatable bonds is 4. The number of nitrogens with zero attached hydrogens (tertiary/aromatic N) is 2. The first kappa shape index (κ1) is 12.6. The molecule has 2 nitrogen and oxygen atoms in total. The van der Waals surface area contributed by atoms with E-state index < -0.39 is 0 Å². The molecule has 0 saturated carbocycles. The van der Waals surface area contributed by atoms with Gasteiger partial charge in [0, 0.05) is 31.0 Å². The summed E-state index contributed by atoms with van der Waals surface area (Å²) in [4.78, 5) is 1.48. The molecule has 0 aliphatic heterocycles. The zero-order valence-electron chi connectivity index (χ0n) is 11.1. The molecule has 0 aliphatic carbocycles. The molecule has 3 aromatic heterocycles. The number of aromatic nitrogens is 2. The maximum Gasteiger partial charge on any atom is 0.0525 e. The van der Waals surface area contributed by atoms with Gasteiger partial charge in [0.25, 0.3) is 0 Å². The zero-order chi connectivity index (χ0) is 13.2. The molecule has 3 rings (SSSR count). The van der Waals surface area contributed by atoms with Gasteiger partial charge in [-0.1, -0.05) is 0 Å². The average Bonchev–Trinajstić information content (AvgIpc) is 3.07. The van der Waals surface area contributed by atoms with Crippen molar-refractivity contribution in [3.63, 3.8) is 0 Å². The van der Waals surface area contributed by atoms with E-state index in [9.17, 15) is 0 Å². The lowest BCUT2D eigenvalue weighted by Gasteiger charge is -2.03. The Morgan fingerprint density at radius 1 is 1.21 bits per heavy atom. The molecule has 0 amide bonds. The van der Waals surface area contributed by atoms with E-state index in [0.29, 0.717) is 0 Å². The van der Waals surface area contributed by atoms with Crippen LogP contribution in [0.2, 0.25) is 0 Å². The summed E-state index contributed by atoms with van der Waals surface area (Å²) in [6, 6.07) is 2.24. The van der Waals surface area contributed by atoms with Crippen molar-refractivity contribution in [2.24, 2.45) is 7.05 Å². The minimum atomic E-state index is 0.982. The largest absolute Gasteiger partial charge is 0.276 e. The smallest absolute Gasteiger partial charge is 0.0525 e. The van der Waals surface area contributed by atoms with Crippen LogP contribution >= 0.6 is 22.7 Å². The summed E-state index contributed by atoms with van der Waals surface area (Å²) >= 11 is 3.65. The van der Waals surface area contributed by atoms with E-state index in [0.717, 1.165) is 12.8 Å². The molecule has 0 aromatic carbocycles. The molecule has 0 atom stereocenters. The highest BCUT2D eigenvalue weighted by molar-refractivity contribution is 7.10. The highest BCUT2D eigenvalue weighted by Gasteiger charge is 2.09. The number of hydrogen-bond acceptors (Lipinski definition) is 3. The van der Waals surface area contributed by atoms with Crippen LogP contribution < -0.4 is 0 Å². The van der Waals surface area contributed by atoms with Crippen molar-refractivity contribution in [2.45, 2.75) is 19.8 Å². The molecule has 0 aliphatic rings. The van der Waals surface area contributed by atoms with Gasteiger partial charge in [-0.25, -0.2) is 0 Å². The van der Waals surface area contributed by atoms with E-state index in [1.807, 2.05) is 29.3 Å². The van der Waals surface area contributed by atoms with Gasteiger partial charge in [0.05, 0.1) is 6.20 Å². The molecule has 0 fully saturated rings. The van der Waals surface area contributed by atoms with Crippen LogP contribution in [0.1, 0.15) is 27.1 Å². The van der Waals surface area contributed by atoms with Crippen LogP contribution in [0.5, 0.6) is 0 Å². The van der Waals surface area contributed by atoms with E-state index in [1.54, 1.807) is 11.3 Å². The summed E-state index contributed by atoms with van der Waals surface area (Å²) in [7, 11) is 1.97. The zero-order valence-corrected chi connectivity index (χ0v) is 12.7. The molecule has 98 valence electrons. The monoisotopic (exact) mass is 288 g/mol. The summed E-state index contributed by atoms with van der Waals surface area (Å²) in [5.74, 6) is 0. The standard InChI is InChI=1S/C15H16N2S2/c1-11-9-18-10-14(11)6-15-13(3-4-19-15)5-12-7-16-17(2)8-12/h3-4,7-10H,5-6H2,1-2H3. The third kappa shape index (κ3) is 2.80. The normalized spacial score (nSPS) is 11.1. The first-order valence-corrected chi connectivity index (χ1v) is 8.09. The highest BCUT2D eigenvalue weighted by atomic mass is 32.1. The predicted octanol–water partition coefficient (Wildman–Crippen LogP) is 4.03. The Bertz CT molecular complexity index is 676. The lowest BCUT2D eigenvalue weighted by atomic mass is 10.0. The van der Waals surface area contributed by atoms with E-state index in [4.69, 9.17) is 0 Å². The van der Waals surface area contributed by atoms with Gasteiger partial charge in [-0.2, -0.15) is 16.4 Å². The van der Waals surface area contributed by atoms with Crippen LogP contribution in [0.25, 0.3) is 0 Å². The van der Waals surface area contributed by atoms with E-state index >= 15 is 0 Å². The Kier molecular flexibility index (Phi) is 3.53. The SMILES string of the molecule is Cc1cscc1Cc1sccc1Cc1cnn(C)c1. The third-order valence-corrected chi connectivity index (χ3v) is 5.18. The molecule has 0 bridgehead atoms. The van der Waals surface area contributed by atoms with Crippen molar-refractivity contribution in [1.82, 2.24) is 9.78 Å². The second kappa shape index (κ2) is 5.31. The second-order valence-corrected chi connectivity index (χ2v) is 6.57. The van der Waals surface area contributed by atoms with Crippen LogP contribution in [0, 0.1) is 6.92 Å². The Morgan fingerprint density at radius 3 is 2.79 bits per heavy atom. The molecule has 3 heterocycles. The molecular formula is C15H16N2S2. The predicted molar refractivity (Wildman–Crippen MR) is 82.2 cm³/mol. The van der Waals surface area contributed by atoms with Gasteiger partial charge in [-0.3, -0.25) is 4.68 Å². The van der Waals surface area contributed by atoms with Gasteiger partial charge < -0.3 is 0 Å². The number of thiophene rings is 2. The topological polar surface area (TPSA) is 17.8 Å². The van der Waals surface area contributed by atoms with Crippen LogP contribution in [-0.2, 0) is 19.9 Å². The van der Waals surface area contributed by atoms with Crippen LogP contribution in [0.15, 0.2) is 34.6 Å². The summed E-state index contributed by atoms with van der Waals surface area (Å²) in [6.07, 6.45) is 6.09. The molecular weight excluding hydrogens is 272 g/mol. The quantitative estimate of drug-likeness (QED) is 0.708. The Hall–Kier alpha value is -1.39. The molecule has 0 saturated heterocycles. The van der Waals surface area contributed by atoms with Gasteiger partial charge in [0.15, 0.2) is 0 Å². The summed E-state index contributed by atoms with van der Waals surface area (Å²) in [5.41, 5.74) is 5.58. The van der Waals surface area contributed by atoms with Crippen molar-refractivity contribution in [3.8, 4) is 0 Å². The fraction of sp³-hybridized carbons (Fsp3) is 0.267. The van der Waals surface area contributed by atoms with Crippen LogP contribution in [0.3, 0.4) is 0 Å². The van der Waals surface area contributed by atoms with E-state index in [2.05, 4.69) is 40.4 Å². The number of aryl methyl sites for hydroxylation is 2. The van der Waals surface area contributed by atoms with Gasteiger partial charge >= 0.3 is 0 Å². The Labute approximate surface area is 121 Å². The molecule has 0 unspecified atom stereocenters. The van der Waals surface area contributed by atoms with E-state index in [1.165, 1.54) is 27.1 Å². The first-order chi connectivity index (χ1) is 9.22. The van der Waals surface area contributed by atoms with Gasteiger partial charge in [-0.15, -0.1) is 11.3 Å². The minimum absolute atomic E-state index is 0.982. The summed E-state index contributed by atoms with van der Waals surface area (Å²) in [5, 5.41) is 10.9. The van der Waals surface area contributed by atoms with Crippen molar-refractivity contribution in [3.05, 3.63) is 61.7 Å². The van der Waals surface area contributed by atoms with Gasteiger partial charge in [0.2, 0.25) is 0 Å². The van der Waals surface area contributed by atoms with Gasteiger partial charge in [-0.05, 0) is 51.4 Å². The van der Waals surface area contributed by atoms with Gasteiger partial charge in [0.1, 0.15) is 0 Å². The molecule has 0 spiro atoms. The van der Waals surface area contributed by atoms with Crippen LogP contribution in [0.4, 0.5) is 0 Å². The van der Waals surface area contributed by atoms with E-state index in [-0.39, 0.29) is 0 Å². The number of hydrogen-bond donors (Lipinski definition) is 0. The Morgan fingerprint density at radius 2 is 2.11 bits per heavy atom. The van der Waals surface area contributed by atoms with Crippen molar-refractivity contribution < 1.29 is 0 Å². The summed E-state index contributed by atoms with van der Waals surface area (Å²) < 4.78 is 1.87. The fourth-order valence-corrected chi connectivity index (χ4v) is 3.99. The lowest BCUT2D eigenvalue weighted by Crippen LogP contribution is -1.92. The molecule has 3 aromatic rings. The molecule has 4 heteroatoms. The molecule has 19 heavy (non-hydrogen) atoms. The van der Waals surface area contributed by atoms with Crippen molar-refractivity contribution in [2.75, 3.05) is 0 Å². The second-order valence-electron chi connectivity index (χ2n) is 4.82. The van der Waals surface area contributed by atoms with Crippen LogP contribution in [-0.4, -0.2) is 9.78 Å². The average molecular weight is 288 g/mol. The summed E-state index contributed by atoms with van der Waals surface area (Å²) in [6.45, 7) is 2.19. The molecule has 0 radical (unpaired) electrons. The first-order valence-electron chi connectivity index (χ1n) is 6.27. The van der Waals surface area contributed by atoms with Crippen molar-refractivity contribution >= 4 is 22.7 Å². The third-order valence-electron chi connectivity index (χ3n) is 3.30. The minimum Gasteiger partial charge on any atom is -0.276 e.